The Morgan fingerprint density at radius 1 is 1.53 bits per heavy atom. The van der Waals surface area contributed by atoms with E-state index in [1.807, 2.05) is 24.3 Å². The van der Waals surface area contributed by atoms with Gasteiger partial charge in [0.25, 0.3) is 0 Å². The summed E-state index contributed by atoms with van der Waals surface area (Å²) in [5, 5.41) is 12.5. The van der Waals surface area contributed by atoms with Gasteiger partial charge in [-0.25, -0.2) is 4.79 Å². The SMILES string of the molecule is C#CCNC1(C(=O)O)CCCc2ccccc21. The number of fused-ring (bicyclic) bond motifs is 1. The molecule has 0 bridgehead atoms. The van der Waals surface area contributed by atoms with Crippen LogP contribution in [-0.4, -0.2) is 17.6 Å². The molecule has 88 valence electrons. The van der Waals surface area contributed by atoms with E-state index in [1.165, 1.54) is 0 Å². The van der Waals surface area contributed by atoms with Gasteiger partial charge >= 0.3 is 5.97 Å². The maximum Gasteiger partial charge on any atom is 0.328 e. The first-order valence-electron chi connectivity index (χ1n) is 5.71. The first kappa shape index (κ1) is 11.7. The zero-order chi connectivity index (χ0) is 12.3. The molecule has 0 saturated carbocycles. The fraction of sp³-hybridized carbons (Fsp3) is 0.357. The van der Waals surface area contributed by atoms with Crippen LogP contribution in [0.3, 0.4) is 0 Å². The Labute approximate surface area is 101 Å². The van der Waals surface area contributed by atoms with Crippen molar-refractivity contribution in [3.05, 3.63) is 35.4 Å². The minimum absolute atomic E-state index is 0.265. The van der Waals surface area contributed by atoms with E-state index in [0.717, 1.165) is 24.0 Å². The number of terminal acetylenes is 1. The lowest BCUT2D eigenvalue weighted by Crippen LogP contribution is -2.51. The molecule has 0 amide bonds. The molecule has 1 aromatic carbocycles. The van der Waals surface area contributed by atoms with Crippen LogP contribution >= 0.6 is 0 Å². The number of carbonyl (C=O) groups is 1. The van der Waals surface area contributed by atoms with Crippen molar-refractivity contribution >= 4 is 5.97 Å². The predicted molar refractivity (Wildman–Crippen MR) is 65.5 cm³/mol. The molecule has 2 rings (SSSR count). The van der Waals surface area contributed by atoms with Gasteiger partial charge < -0.3 is 5.11 Å². The van der Waals surface area contributed by atoms with E-state index in [-0.39, 0.29) is 6.54 Å². The number of rotatable bonds is 3. The third-order valence-corrected chi connectivity index (χ3v) is 3.33. The van der Waals surface area contributed by atoms with Gasteiger partial charge in [-0.05, 0) is 30.4 Å². The van der Waals surface area contributed by atoms with Crippen molar-refractivity contribution in [3.8, 4) is 12.3 Å². The van der Waals surface area contributed by atoms with E-state index in [0.29, 0.717) is 6.42 Å². The first-order valence-corrected chi connectivity index (χ1v) is 5.71. The van der Waals surface area contributed by atoms with Crippen LogP contribution in [0.25, 0.3) is 0 Å². The molecule has 0 aliphatic heterocycles. The van der Waals surface area contributed by atoms with Crippen LogP contribution < -0.4 is 5.32 Å². The summed E-state index contributed by atoms with van der Waals surface area (Å²) >= 11 is 0. The summed E-state index contributed by atoms with van der Waals surface area (Å²) in [6, 6.07) is 7.69. The van der Waals surface area contributed by atoms with Crippen LogP contribution in [0.1, 0.15) is 24.0 Å². The van der Waals surface area contributed by atoms with Crippen molar-refractivity contribution in [2.75, 3.05) is 6.54 Å². The van der Waals surface area contributed by atoms with Gasteiger partial charge in [0.1, 0.15) is 5.54 Å². The minimum atomic E-state index is -1.01. The highest BCUT2D eigenvalue weighted by atomic mass is 16.4. The molecule has 3 nitrogen and oxygen atoms in total. The minimum Gasteiger partial charge on any atom is -0.480 e. The van der Waals surface area contributed by atoms with Crippen LogP contribution in [-0.2, 0) is 16.8 Å². The highest BCUT2D eigenvalue weighted by molar-refractivity contribution is 5.82. The predicted octanol–water partition coefficient (Wildman–Crippen LogP) is 1.53. The standard InChI is InChI=1S/C14H15NO2/c1-2-10-15-14(13(16)17)9-5-7-11-6-3-4-8-12(11)14/h1,3-4,6,8,15H,5,7,9-10H2,(H,16,17). The van der Waals surface area contributed by atoms with Gasteiger partial charge in [-0.1, -0.05) is 30.2 Å². The van der Waals surface area contributed by atoms with Gasteiger partial charge in [-0.15, -0.1) is 6.42 Å². The second kappa shape index (κ2) is 4.60. The van der Waals surface area contributed by atoms with Gasteiger partial charge in [0.2, 0.25) is 0 Å². The number of hydrogen-bond acceptors (Lipinski definition) is 2. The maximum atomic E-state index is 11.6. The number of aliphatic carboxylic acids is 1. The second-order valence-electron chi connectivity index (χ2n) is 4.28. The Balaban J connectivity index is 2.48. The lowest BCUT2D eigenvalue weighted by atomic mass is 9.76. The van der Waals surface area contributed by atoms with Crippen molar-refractivity contribution in [2.45, 2.75) is 24.8 Å². The molecule has 1 unspecified atom stereocenters. The molecular formula is C14H15NO2. The Morgan fingerprint density at radius 3 is 3.00 bits per heavy atom. The Morgan fingerprint density at radius 2 is 2.29 bits per heavy atom. The van der Waals surface area contributed by atoms with Crippen molar-refractivity contribution in [2.24, 2.45) is 0 Å². The van der Waals surface area contributed by atoms with E-state index in [4.69, 9.17) is 6.42 Å². The van der Waals surface area contributed by atoms with E-state index in [2.05, 4.69) is 11.2 Å². The highest BCUT2D eigenvalue weighted by Gasteiger charge is 2.42. The third-order valence-electron chi connectivity index (χ3n) is 3.33. The van der Waals surface area contributed by atoms with Gasteiger partial charge in [0.15, 0.2) is 0 Å². The zero-order valence-electron chi connectivity index (χ0n) is 9.57. The van der Waals surface area contributed by atoms with Gasteiger partial charge in [-0.3, -0.25) is 5.32 Å². The summed E-state index contributed by atoms with van der Waals surface area (Å²) in [7, 11) is 0. The maximum absolute atomic E-state index is 11.6. The number of aryl methyl sites for hydroxylation is 1. The van der Waals surface area contributed by atoms with Crippen LogP contribution in [0.15, 0.2) is 24.3 Å². The Bertz CT molecular complexity index is 475. The lowest BCUT2D eigenvalue weighted by Gasteiger charge is -2.35. The average Bonchev–Trinajstić information content (AvgIpc) is 2.36. The van der Waals surface area contributed by atoms with Crippen LogP contribution in [0.4, 0.5) is 0 Å². The van der Waals surface area contributed by atoms with Gasteiger partial charge in [0, 0.05) is 0 Å². The molecule has 3 heteroatoms. The quantitative estimate of drug-likeness (QED) is 0.773. The number of benzene rings is 1. The fourth-order valence-corrected chi connectivity index (χ4v) is 2.52. The first-order chi connectivity index (χ1) is 8.20. The fourth-order valence-electron chi connectivity index (χ4n) is 2.52. The van der Waals surface area contributed by atoms with Crippen LogP contribution in [0, 0.1) is 12.3 Å². The van der Waals surface area contributed by atoms with E-state index in [1.54, 1.807) is 0 Å². The smallest absolute Gasteiger partial charge is 0.328 e. The molecule has 1 atom stereocenters. The van der Waals surface area contributed by atoms with Crippen molar-refractivity contribution in [3.63, 3.8) is 0 Å². The zero-order valence-corrected chi connectivity index (χ0v) is 9.57. The second-order valence-corrected chi connectivity index (χ2v) is 4.28. The van der Waals surface area contributed by atoms with Crippen LogP contribution in [0.5, 0.6) is 0 Å². The monoisotopic (exact) mass is 229 g/mol. The summed E-state index contributed by atoms with van der Waals surface area (Å²) in [6.07, 6.45) is 7.60. The number of carboxylic acids is 1. The van der Waals surface area contributed by atoms with Crippen molar-refractivity contribution in [1.82, 2.24) is 5.32 Å². The third kappa shape index (κ3) is 1.92. The highest BCUT2D eigenvalue weighted by Crippen LogP contribution is 2.35. The van der Waals surface area contributed by atoms with E-state index in [9.17, 15) is 9.90 Å². The molecule has 0 aromatic heterocycles. The topological polar surface area (TPSA) is 49.3 Å². The molecular weight excluding hydrogens is 214 g/mol. The lowest BCUT2D eigenvalue weighted by molar-refractivity contribution is -0.146. The molecule has 17 heavy (non-hydrogen) atoms. The van der Waals surface area contributed by atoms with E-state index >= 15 is 0 Å². The Hall–Kier alpha value is -1.79. The molecule has 2 N–H and O–H groups in total. The molecule has 0 saturated heterocycles. The largest absolute Gasteiger partial charge is 0.480 e. The molecule has 1 aliphatic carbocycles. The molecule has 0 radical (unpaired) electrons. The molecule has 0 heterocycles. The number of hydrogen-bond donors (Lipinski definition) is 2. The van der Waals surface area contributed by atoms with Crippen molar-refractivity contribution in [1.29, 1.82) is 0 Å². The van der Waals surface area contributed by atoms with Gasteiger partial charge in [-0.2, -0.15) is 0 Å². The summed E-state index contributed by atoms with van der Waals surface area (Å²) < 4.78 is 0. The average molecular weight is 229 g/mol. The summed E-state index contributed by atoms with van der Waals surface area (Å²) in [6.45, 7) is 0.265. The number of nitrogens with one attached hydrogen (secondary N) is 1. The molecule has 0 fully saturated rings. The van der Waals surface area contributed by atoms with E-state index < -0.39 is 11.5 Å². The number of carboxylic acid groups (broad SMARTS) is 1. The molecule has 1 aliphatic rings. The van der Waals surface area contributed by atoms with Gasteiger partial charge in [0.05, 0.1) is 6.54 Å². The summed E-state index contributed by atoms with van der Waals surface area (Å²) in [5.41, 5.74) is 0.945. The molecule has 0 spiro atoms. The normalized spacial score (nSPS) is 22.5. The Kier molecular flexibility index (Phi) is 3.16. The summed E-state index contributed by atoms with van der Waals surface area (Å²) in [5.74, 6) is 1.60. The van der Waals surface area contributed by atoms with Crippen LogP contribution in [0.2, 0.25) is 0 Å². The van der Waals surface area contributed by atoms with Crippen molar-refractivity contribution < 1.29 is 9.90 Å². The molecule has 1 aromatic rings. The summed E-state index contributed by atoms with van der Waals surface area (Å²) in [4.78, 5) is 11.6.